The van der Waals surface area contributed by atoms with Gasteiger partial charge in [0.1, 0.15) is 11.6 Å². The molecule has 0 aromatic heterocycles. The third-order valence-electron chi connectivity index (χ3n) is 3.31. The molecule has 3 nitrogen and oxygen atoms in total. The molecule has 19 heavy (non-hydrogen) atoms. The van der Waals surface area contributed by atoms with E-state index in [1.807, 2.05) is 0 Å². The highest BCUT2D eigenvalue weighted by atomic mass is 19.1. The van der Waals surface area contributed by atoms with E-state index in [0.29, 0.717) is 0 Å². The summed E-state index contributed by atoms with van der Waals surface area (Å²) in [5.41, 5.74) is 0.227. The summed E-state index contributed by atoms with van der Waals surface area (Å²) in [5, 5.41) is 6.17. The number of benzene rings is 1. The average molecular weight is 268 g/mol. The quantitative estimate of drug-likeness (QED) is 0.877. The van der Waals surface area contributed by atoms with Crippen molar-refractivity contribution >= 4 is 5.91 Å². The van der Waals surface area contributed by atoms with E-state index in [1.54, 1.807) is 0 Å². The van der Waals surface area contributed by atoms with E-state index >= 15 is 0 Å². The van der Waals surface area contributed by atoms with Gasteiger partial charge in [0.25, 0.3) is 0 Å². The average Bonchev–Trinajstić information content (AvgIpc) is 2.61. The van der Waals surface area contributed by atoms with Crippen LogP contribution in [0.4, 0.5) is 8.78 Å². The Morgan fingerprint density at radius 3 is 2.95 bits per heavy atom. The standard InChI is InChI=1S/C14H18F2N2O/c15-11-4-3-10(13(16)9-11)8-14(19)18-12-2-1-6-17-7-5-12/h3-4,9,12,17H,1-2,5-8H2,(H,18,19). The highest BCUT2D eigenvalue weighted by Crippen LogP contribution is 2.11. The molecule has 1 aliphatic heterocycles. The van der Waals surface area contributed by atoms with Gasteiger partial charge in [0.05, 0.1) is 6.42 Å². The number of hydrogen-bond donors (Lipinski definition) is 2. The Morgan fingerprint density at radius 2 is 2.16 bits per heavy atom. The highest BCUT2D eigenvalue weighted by Gasteiger charge is 2.15. The molecule has 1 fully saturated rings. The lowest BCUT2D eigenvalue weighted by molar-refractivity contribution is -0.121. The van der Waals surface area contributed by atoms with Gasteiger partial charge in [-0.1, -0.05) is 6.07 Å². The van der Waals surface area contributed by atoms with Crippen LogP contribution in [0.2, 0.25) is 0 Å². The van der Waals surface area contributed by atoms with Crippen LogP contribution in [0.1, 0.15) is 24.8 Å². The molecule has 0 bridgehead atoms. The molecule has 1 heterocycles. The monoisotopic (exact) mass is 268 g/mol. The highest BCUT2D eigenvalue weighted by molar-refractivity contribution is 5.78. The summed E-state index contributed by atoms with van der Waals surface area (Å²) in [7, 11) is 0. The predicted octanol–water partition coefficient (Wildman–Crippen LogP) is 1.77. The lowest BCUT2D eigenvalue weighted by Gasteiger charge is -2.16. The van der Waals surface area contributed by atoms with Crippen molar-refractivity contribution < 1.29 is 13.6 Å². The molecule has 0 saturated carbocycles. The minimum absolute atomic E-state index is 0.0456. The smallest absolute Gasteiger partial charge is 0.224 e. The van der Waals surface area contributed by atoms with Crippen LogP contribution in [0, 0.1) is 11.6 Å². The van der Waals surface area contributed by atoms with Crippen molar-refractivity contribution in [2.75, 3.05) is 13.1 Å². The summed E-state index contributed by atoms with van der Waals surface area (Å²) >= 11 is 0. The third kappa shape index (κ3) is 4.28. The van der Waals surface area contributed by atoms with Gasteiger partial charge < -0.3 is 10.6 Å². The molecule has 104 valence electrons. The van der Waals surface area contributed by atoms with E-state index < -0.39 is 11.6 Å². The van der Waals surface area contributed by atoms with Crippen molar-refractivity contribution in [1.82, 2.24) is 10.6 Å². The van der Waals surface area contributed by atoms with Crippen LogP contribution in [0.3, 0.4) is 0 Å². The largest absolute Gasteiger partial charge is 0.353 e. The second kappa shape index (κ2) is 6.61. The van der Waals surface area contributed by atoms with Gasteiger partial charge >= 0.3 is 0 Å². The van der Waals surface area contributed by atoms with Gasteiger partial charge in [-0.3, -0.25) is 4.79 Å². The molecule has 1 aromatic rings. The van der Waals surface area contributed by atoms with E-state index in [2.05, 4.69) is 10.6 Å². The second-order valence-corrected chi connectivity index (χ2v) is 4.86. The molecule has 2 N–H and O–H groups in total. The number of hydrogen-bond acceptors (Lipinski definition) is 2. The zero-order valence-corrected chi connectivity index (χ0v) is 10.7. The fraction of sp³-hybridized carbons (Fsp3) is 0.500. The van der Waals surface area contributed by atoms with Crippen molar-refractivity contribution in [2.24, 2.45) is 0 Å². The number of carbonyl (C=O) groups is 1. The number of amides is 1. The first-order valence-electron chi connectivity index (χ1n) is 6.59. The van der Waals surface area contributed by atoms with Gasteiger partial charge in [0.2, 0.25) is 5.91 Å². The van der Waals surface area contributed by atoms with E-state index in [9.17, 15) is 13.6 Å². The van der Waals surface area contributed by atoms with Gasteiger partial charge in [0, 0.05) is 12.1 Å². The Kier molecular flexibility index (Phi) is 4.85. The second-order valence-electron chi connectivity index (χ2n) is 4.86. The number of nitrogens with one attached hydrogen (secondary N) is 2. The minimum Gasteiger partial charge on any atom is -0.353 e. The maximum Gasteiger partial charge on any atom is 0.224 e. The topological polar surface area (TPSA) is 41.1 Å². The van der Waals surface area contributed by atoms with Crippen LogP contribution in [0.15, 0.2) is 18.2 Å². The van der Waals surface area contributed by atoms with Gasteiger partial charge in [-0.2, -0.15) is 0 Å². The maximum atomic E-state index is 13.4. The Balaban J connectivity index is 1.89. The molecular weight excluding hydrogens is 250 g/mol. The molecule has 1 aliphatic rings. The lowest BCUT2D eigenvalue weighted by Crippen LogP contribution is -2.36. The van der Waals surface area contributed by atoms with E-state index in [1.165, 1.54) is 12.1 Å². The summed E-state index contributed by atoms with van der Waals surface area (Å²) in [5.74, 6) is -1.51. The summed E-state index contributed by atoms with van der Waals surface area (Å²) in [6.45, 7) is 1.86. The molecule has 0 radical (unpaired) electrons. The zero-order chi connectivity index (χ0) is 13.7. The fourth-order valence-electron chi connectivity index (χ4n) is 2.28. The van der Waals surface area contributed by atoms with Gasteiger partial charge in [0.15, 0.2) is 0 Å². The summed E-state index contributed by atoms with van der Waals surface area (Å²) in [6.07, 6.45) is 2.80. The van der Waals surface area contributed by atoms with Crippen molar-refractivity contribution in [3.63, 3.8) is 0 Å². The fourth-order valence-corrected chi connectivity index (χ4v) is 2.28. The third-order valence-corrected chi connectivity index (χ3v) is 3.31. The van der Waals surface area contributed by atoms with Crippen LogP contribution in [-0.4, -0.2) is 25.0 Å². The minimum atomic E-state index is -0.669. The Hall–Kier alpha value is -1.49. The van der Waals surface area contributed by atoms with Crippen molar-refractivity contribution in [2.45, 2.75) is 31.7 Å². The molecule has 1 saturated heterocycles. The molecule has 1 atom stereocenters. The summed E-state index contributed by atoms with van der Waals surface area (Å²) in [6, 6.07) is 3.43. The van der Waals surface area contributed by atoms with Crippen LogP contribution >= 0.6 is 0 Å². The molecular formula is C14H18F2N2O. The first-order chi connectivity index (χ1) is 9.15. The van der Waals surface area contributed by atoms with E-state index in [0.717, 1.165) is 38.4 Å². The van der Waals surface area contributed by atoms with Crippen LogP contribution < -0.4 is 10.6 Å². The molecule has 2 rings (SSSR count). The predicted molar refractivity (Wildman–Crippen MR) is 68.7 cm³/mol. The van der Waals surface area contributed by atoms with Gasteiger partial charge in [-0.25, -0.2) is 8.78 Å². The number of halogens is 2. The summed E-state index contributed by atoms with van der Waals surface area (Å²) < 4.78 is 26.2. The lowest BCUT2D eigenvalue weighted by atomic mass is 10.1. The van der Waals surface area contributed by atoms with Gasteiger partial charge in [-0.05, 0) is 44.0 Å². The molecule has 1 aromatic carbocycles. The molecule has 5 heteroatoms. The van der Waals surface area contributed by atoms with Crippen LogP contribution in [0.5, 0.6) is 0 Å². The van der Waals surface area contributed by atoms with Crippen LogP contribution in [-0.2, 0) is 11.2 Å². The van der Waals surface area contributed by atoms with Crippen molar-refractivity contribution in [3.8, 4) is 0 Å². The van der Waals surface area contributed by atoms with Crippen molar-refractivity contribution in [3.05, 3.63) is 35.4 Å². The van der Waals surface area contributed by atoms with E-state index in [4.69, 9.17) is 0 Å². The normalized spacial score (nSPS) is 19.8. The van der Waals surface area contributed by atoms with Gasteiger partial charge in [-0.15, -0.1) is 0 Å². The summed E-state index contributed by atoms with van der Waals surface area (Å²) in [4.78, 5) is 11.8. The number of rotatable bonds is 3. The first-order valence-corrected chi connectivity index (χ1v) is 6.59. The van der Waals surface area contributed by atoms with Crippen LogP contribution in [0.25, 0.3) is 0 Å². The SMILES string of the molecule is O=C(Cc1ccc(F)cc1F)NC1CCCNCC1. The first kappa shape index (κ1) is 13.9. The Labute approximate surface area is 111 Å². The number of carbonyl (C=O) groups excluding carboxylic acids is 1. The Bertz CT molecular complexity index is 443. The Morgan fingerprint density at radius 1 is 1.32 bits per heavy atom. The maximum absolute atomic E-state index is 13.4. The van der Waals surface area contributed by atoms with E-state index in [-0.39, 0.29) is 23.9 Å². The molecule has 0 spiro atoms. The molecule has 1 unspecified atom stereocenters. The molecule has 0 aliphatic carbocycles. The van der Waals surface area contributed by atoms with Crippen molar-refractivity contribution in [1.29, 1.82) is 0 Å². The zero-order valence-electron chi connectivity index (χ0n) is 10.7. The molecule has 1 amide bonds.